The molecule has 0 amide bonds. The number of anilines is 1. The summed E-state index contributed by atoms with van der Waals surface area (Å²) in [6, 6.07) is 2.02. The van der Waals surface area contributed by atoms with Crippen LogP contribution in [0.1, 0.15) is 25.3 Å². The Morgan fingerprint density at radius 3 is 3.06 bits per heavy atom. The normalized spacial score (nSPS) is 15.2. The number of nitrogens with zero attached hydrogens (tertiary/aromatic N) is 3. The molecule has 1 aromatic rings. The lowest BCUT2D eigenvalue weighted by Gasteiger charge is -2.10. The maximum Gasteiger partial charge on any atom is 0.163 e. The van der Waals surface area contributed by atoms with Crippen molar-refractivity contribution in [3.05, 3.63) is 35.1 Å². The lowest BCUT2D eigenvalue weighted by Crippen LogP contribution is -2.03. The first-order chi connectivity index (χ1) is 7.69. The fraction of sp³-hybridized carbons (Fsp3) is 0.333. The fourth-order valence-electron chi connectivity index (χ4n) is 1.83. The minimum Gasteiger partial charge on any atom is -0.381 e. The molecule has 2 rings (SSSR count). The van der Waals surface area contributed by atoms with Gasteiger partial charge in [0, 0.05) is 6.20 Å². The molecule has 1 aliphatic carbocycles. The Bertz CT molecular complexity index is 500. The maximum atomic E-state index is 8.77. The number of nitriles is 1. The van der Waals surface area contributed by atoms with Crippen molar-refractivity contribution < 1.29 is 0 Å². The second kappa shape index (κ2) is 4.23. The van der Waals surface area contributed by atoms with Crippen molar-refractivity contribution in [2.75, 3.05) is 5.73 Å². The molecule has 0 fully saturated rings. The summed E-state index contributed by atoms with van der Waals surface area (Å²) in [5.41, 5.74) is 8.66. The van der Waals surface area contributed by atoms with Crippen molar-refractivity contribution in [2.24, 2.45) is 0 Å². The Morgan fingerprint density at radius 1 is 1.62 bits per heavy atom. The second-order valence-corrected chi connectivity index (χ2v) is 4.05. The highest BCUT2D eigenvalue weighted by molar-refractivity contribution is 5.46. The standard InChI is InChI=1S/C12H14N4/c1-9-3-2-4-10(5-9)7-16-8-11(6-13)12(14)15-16/h4-5,8H,2-3,7H2,1H3,(H2,14,15). The van der Waals surface area contributed by atoms with Gasteiger partial charge in [-0.3, -0.25) is 4.68 Å². The van der Waals surface area contributed by atoms with Crippen LogP contribution >= 0.6 is 0 Å². The quantitative estimate of drug-likeness (QED) is 0.818. The molecule has 0 saturated heterocycles. The summed E-state index contributed by atoms with van der Waals surface area (Å²) in [6.07, 6.45) is 8.28. The fourth-order valence-corrected chi connectivity index (χ4v) is 1.83. The van der Waals surface area contributed by atoms with Crippen molar-refractivity contribution in [2.45, 2.75) is 26.3 Å². The van der Waals surface area contributed by atoms with Crippen LogP contribution in [0.3, 0.4) is 0 Å². The Labute approximate surface area is 94.7 Å². The van der Waals surface area contributed by atoms with E-state index in [1.807, 2.05) is 6.07 Å². The lowest BCUT2D eigenvalue weighted by molar-refractivity contribution is 0.682. The number of nitrogens with two attached hydrogens (primary N) is 1. The molecule has 4 nitrogen and oxygen atoms in total. The summed E-state index contributed by atoms with van der Waals surface area (Å²) in [7, 11) is 0. The molecule has 0 aliphatic heterocycles. The average molecular weight is 214 g/mol. The van der Waals surface area contributed by atoms with Gasteiger partial charge in [0.2, 0.25) is 0 Å². The van der Waals surface area contributed by atoms with Crippen LogP contribution in [-0.4, -0.2) is 9.78 Å². The maximum absolute atomic E-state index is 8.77. The van der Waals surface area contributed by atoms with Gasteiger partial charge in [-0.2, -0.15) is 10.4 Å². The summed E-state index contributed by atoms with van der Waals surface area (Å²) < 4.78 is 1.72. The summed E-state index contributed by atoms with van der Waals surface area (Å²) in [5.74, 6) is 0.305. The molecule has 16 heavy (non-hydrogen) atoms. The van der Waals surface area contributed by atoms with E-state index in [2.05, 4.69) is 24.2 Å². The average Bonchev–Trinajstić information content (AvgIpc) is 2.58. The Balaban J connectivity index is 2.16. The molecule has 2 N–H and O–H groups in total. The molecule has 0 bridgehead atoms. The molecule has 1 aromatic heterocycles. The van der Waals surface area contributed by atoms with Gasteiger partial charge in [-0.05, 0) is 25.3 Å². The minimum absolute atomic E-state index is 0.305. The van der Waals surface area contributed by atoms with Crippen LogP contribution in [0, 0.1) is 11.3 Å². The van der Waals surface area contributed by atoms with Crippen LogP contribution in [0.25, 0.3) is 0 Å². The van der Waals surface area contributed by atoms with Gasteiger partial charge in [0.05, 0.1) is 6.54 Å². The third kappa shape index (κ3) is 2.14. The highest BCUT2D eigenvalue weighted by Crippen LogP contribution is 2.18. The zero-order valence-corrected chi connectivity index (χ0v) is 9.27. The number of hydrogen-bond acceptors (Lipinski definition) is 3. The number of hydrogen-bond donors (Lipinski definition) is 1. The zero-order chi connectivity index (χ0) is 11.5. The van der Waals surface area contributed by atoms with Gasteiger partial charge in [-0.15, -0.1) is 0 Å². The molecule has 1 heterocycles. The second-order valence-electron chi connectivity index (χ2n) is 4.05. The molecule has 0 aromatic carbocycles. The van der Waals surface area contributed by atoms with Crippen LogP contribution < -0.4 is 5.73 Å². The van der Waals surface area contributed by atoms with Gasteiger partial charge in [0.25, 0.3) is 0 Å². The van der Waals surface area contributed by atoms with E-state index in [1.54, 1.807) is 10.9 Å². The van der Waals surface area contributed by atoms with Crippen molar-refractivity contribution in [3.63, 3.8) is 0 Å². The molecule has 4 heteroatoms. The first-order valence-electron chi connectivity index (χ1n) is 5.28. The van der Waals surface area contributed by atoms with Gasteiger partial charge in [0.1, 0.15) is 11.6 Å². The molecule has 0 saturated carbocycles. The molecule has 0 atom stereocenters. The van der Waals surface area contributed by atoms with Gasteiger partial charge in [-0.1, -0.05) is 17.7 Å². The molecular formula is C12H14N4. The van der Waals surface area contributed by atoms with E-state index in [9.17, 15) is 0 Å². The van der Waals surface area contributed by atoms with Gasteiger partial charge >= 0.3 is 0 Å². The first-order valence-corrected chi connectivity index (χ1v) is 5.28. The Kier molecular flexibility index (Phi) is 2.78. The van der Waals surface area contributed by atoms with Crippen molar-refractivity contribution in [1.82, 2.24) is 9.78 Å². The molecule has 82 valence electrons. The van der Waals surface area contributed by atoms with Crippen LogP contribution in [0.4, 0.5) is 5.82 Å². The Morgan fingerprint density at radius 2 is 2.44 bits per heavy atom. The molecule has 0 unspecified atom stereocenters. The van der Waals surface area contributed by atoms with E-state index in [0.717, 1.165) is 12.8 Å². The van der Waals surface area contributed by atoms with Gasteiger partial charge in [0.15, 0.2) is 5.82 Å². The molecular weight excluding hydrogens is 200 g/mol. The number of aromatic nitrogens is 2. The SMILES string of the molecule is CC1=CC(Cn2cc(C#N)c(N)n2)=CCC1. The lowest BCUT2D eigenvalue weighted by atomic mass is 10.0. The first kappa shape index (κ1) is 10.5. The highest BCUT2D eigenvalue weighted by Gasteiger charge is 2.07. The van der Waals surface area contributed by atoms with Crippen LogP contribution in [-0.2, 0) is 6.54 Å². The molecule has 0 radical (unpaired) electrons. The Hall–Kier alpha value is -2.02. The van der Waals surface area contributed by atoms with E-state index in [4.69, 9.17) is 11.0 Å². The monoisotopic (exact) mass is 214 g/mol. The predicted molar refractivity (Wildman–Crippen MR) is 62.4 cm³/mol. The van der Waals surface area contributed by atoms with Gasteiger partial charge < -0.3 is 5.73 Å². The third-order valence-electron chi connectivity index (χ3n) is 2.63. The summed E-state index contributed by atoms with van der Waals surface area (Å²) >= 11 is 0. The van der Waals surface area contributed by atoms with Crippen molar-refractivity contribution in [1.29, 1.82) is 5.26 Å². The van der Waals surface area contributed by atoms with Crippen LogP contribution in [0.2, 0.25) is 0 Å². The topological polar surface area (TPSA) is 67.6 Å². The number of allylic oxidation sites excluding steroid dienone is 4. The summed E-state index contributed by atoms with van der Waals surface area (Å²) in [6.45, 7) is 2.81. The van der Waals surface area contributed by atoms with E-state index < -0.39 is 0 Å². The van der Waals surface area contributed by atoms with E-state index in [-0.39, 0.29) is 0 Å². The zero-order valence-electron chi connectivity index (χ0n) is 9.27. The van der Waals surface area contributed by atoms with E-state index >= 15 is 0 Å². The largest absolute Gasteiger partial charge is 0.381 e. The van der Waals surface area contributed by atoms with Gasteiger partial charge in [-0.25, -0.2) is 0 Å². The van der Waals surface area contributed by atoms with E-state index in [0.29, 0.717) is 17.9 Å². The number of rotatable bonds is 2. The highest BCUT2D eigenvalue weighted by atomic mass is 15.3. The summed E-state index contributed by atoms with van der Waals surface area (Å²) in [5, 5.41) is 12.9. The van der Waals surface area contributed by atoms with E-state index in [1.165, 1.54) is 11.1 Å². The number of nitrogen functional groups attached to an aromatic ring is 1. The van der Waals surface area contributed by atoms with Crippen molar-refractivity contribution in [3.8, 4) is 6.07 Å². The summed E-state index contributed by atoms with van der Waals surface area (Å²) in [4.78, 5) is 0. The minimum atomic E-state index is 0.305. The third-order valence-corrected chi connectivity index (χ3v) is 2.63. The smallest absolute Gasteiger partial charge is 0.163 e. The molecule has 0 spiro atoms. The van der Waals surface area contributed by atoms with Crippen molar-refractivity contribution >= 4 is 5.82 Å². The molecule has 1 aliphatic rings. The van der Waals surface area contributed by atoms with Crippen LogP contribution in [0.15, 0.2) is 29.5 Å². The predicted octanol–water partition coefficient (Wildman–Crippen LogP) is 2.00. The van der Waals surface area contributed by atoms with Crippen LogP contribution in [0.5, 0.6) is 0 Å².